The van der Waals surface area contributed by atoms with Gasteiger partial charge in [-0.3, -0.25) is 0 Å². The van der Waals surface area contributed by atoms with E-state index in [0.717, 1.165) is 36.5 Å². The molecule has 2 aliphatic heterocycles. The minimum Gasteiger partial charge on any atom is -0.243 e. The molecule has 0 saturated carbocycles. The van der Waals surface area contributed by atoms with E-state index in [4.69, 9.17) is 43.2 Å². The molecule has 0 unspecified atom stereocenters. The quantitative estimate of drug-likeness (QED) is 0.143. The van der Waals surface area contributed by atoms with E-state index >= 15 is 0 Å². The molecule has 2 heterocycles. The number of hydrogen-bond donors (Lipinski definition) is 0. The van der Waals surface area contributed by atoms with Crippen LogP contribution in [0.15, 0.2) is 166 Å². The van der Waals surface area contributed by atoms with Crippen LogP contribution in [0.5, 0.6) is 0 Å². The molecule has 6 aromatic carbocycles. The van der Waals surface area contributed by atoms with Gasteiger partial charge < -0.3 is 0 Å². The highest BCUT2D eigenvalue weighted by Gasteiger charge is 2.61. The van der Waals surface area contributed by atoms with Crippen LogP contribution in [0, 0.1) is 14.3 Å². The summed E-state index contributed by atoms with van der Waals surface area (Å²) in [6, 6.07) is 48.8. The number of hydrogen-bond acceptors (Lipinski definition) is 4. The average molecular weight is 1160 g/mol. The lowest BCUT2D eigenvalue weighted by Gasteiger charge is -2.39. The van der Waals surface area contributed by atoms with Crippen LogP contribution in [0.1, 0.15) is 33.4 Å². The van der Waals surface area contributed by atoms with Gasteiger partial charge in [0.25, 0.3) is 0 Å². The standard InChI is InChI=1S/C42H24Cl2I4N4/c43-35-7-3-1-5-33(35)41(49-37(25-9-17-29(45)18-10-25)38(50-41)26-11-19-30(46)20-12-26)42(34-6-2-4-8-36(34)44)51-39(27-13-21-31(47)22-14-27)40(52-42)28-15-23-32(48)24-16-28/h1-24H. The molecule has 0 radical (unpaired) electrons. The van der Waals surface area contributed by atoms with E-state index in [9.17, 15) is 0 Å². The second kappa shape index (κ2) is 15.0. The summed E-state index contributed by atoms with van der Waals surface area (Å²) in [5.74, 6) is 0. The Morgan fingerprint density at radius 2 is 0.558 bits per heavy atom. The van der Waals surface area contributed by atoms with Crippen LogP contribution in [0.3, 0.4) is 0 Å². The summed E-state index contributed by atoms with van der Waals surface area (Å²) in [5, 5.41) is 0.993. The first kappa shape index (κ1) is 36.5. The Bertz CT molecular complexity index is 2160. The van der Waals surface area contributed by atoms with Gasteiger partial charge in [0.1, 0.15) is 0 Å². The van der Waals surface area contributed by atoms with Crippen LogP contribution in [-0.2, 0) is 11.3 Å². The number of aliphatic imine (C=N–C) groups is 4. The summed E-state index contributed by atoms with van der Waals surface area (Å²) in [4.78, 5) is 22.9. The van der Waals surface area contributed by atoms with Gasteiger partial charge in [0.05, 0.1) is 22.8 Å². The minimum absolute atomic E-state index is 0.496. The Labute approximate surface area is 366 Å². The Kier molecular flexibility index (Phi) is 10.5. The fourth-order valence-electron chi connectivity index (χ4n) is 6.56. The largest absolute Gasteiger partial charge is 0.243 e. The van der Waals surface area contributed by atoms with Crippen LogP contribution in [0.4, 0.5) is 0 Å². The van der Waals surface area contributed by atoms with Crippen molar-refractivity contribution in [1.29, 1.82) is 0 Å². The van der Waals surface area contributed by atoms with Gasteiger partial charge in [0.15, 0.2) is 0 Å². The third-order valence-electron chi connectivity index (χ3n) is 9.00. The van der Waals surface area contributed by atoms with Gasteiger partial charge >= 0.3 is 0 Å². The predicted octanol–water partition coefficient (Wildman–Crippen LogP) is 12.4. The van der Waals surface area contributed by atoms with Crippen molar-refractivity contribution in [3.05, 3.63) is 203 Å². The van der Waals surface area contributed by atoms with Crippen molar-refractivity contribution >= 4 is 136 Å². The predicted molar refractivity (Wildman–Crippen MR) is 249 cm³/mol. The third kappa shape index (κ3) is 6.63. The van der Waals surface area contributed by atoms with Gasteiger partial charge in [0, 0.05) is 57.7 Å². The third-order valence-corrected chi connectivity index (χ3v) is 12.5. The molecule has 254 valence electrons. The average Bonchev–Trinajstić information content (AvgIpc) is 3.76. The maximum Gasteiger partial charge on any atom is 0.227 e. The Morgan fingerprint density at radius 3 is 0.788 bits per heavy atom. The lowest BCUT2D eigenvalue weighted by molar-refractivity contribution is 0.257. The van der Waals surface area contributed by atoms with Crippen LogP contribution in [0.25, 0.3) is 0 Å². The van der Waals surface area contributed by atoms with E-state index in [1.807, 2.05) is 48.5 Å². The van der Waals surface area contributed by atoms with Crippen LogP contribution in [0.2, 0.25) is 10.0 Å². The lowest BCUT2D eigenvalue weighted by atomic mass is 9.82. The van der Waals surface area contributed by atoms with Gasteiger partial charge in [-0.15, -0.1) is 0 Å². The molecule has 0 aliphatic carbocycles. The van der Waals surface area contributed by atoms with Crippen molar-refractivity contribution < 1.29 is 0 Å². The van der Waals surface area contributed by atoms with Crippen molar-refractivity contribution in [3.8, 4) is 0 Å². The fourth-order valence-corrected chi connectivity index (χ4v) is 8.53. The maximum atomic E-state index is 7.26. The molecule has 0 fully saturated rings. The summed E-state index contributed by atoms with van der Waals surface area (Å²) in [5.41, 5.74) is 4.83. The summed E-state index contributed by atoms with van der Waals surface area (Å²) < 4.78 is 4.47. The molecule has 2 aliphatic rings. The van der Waals surface area contributed by atoms with Crippen molar-refractivity contribution in [2.75, 3.05) is 0 Å². The molecule has 0 N–H and O–H groups in total. The molecule has 6 aromatic rings. The smallest absolute Gasteiger partial charge is 0.227 e. The molecule has 4 nitrogen and oxygen atoms in total. The van der Waals surface area contributed by atoms with E-state index in [0.29, 0.717) is 44.0 Å². The summed E-state index contributed by atoms with van der Waals surface area (Å²) in [6.07, 6.45) is 0. The molecule has 10 heteroatoms. The van der Waals surface area contributed by atoms with Gasteiger partial charge in [-0.2, -0.15) is 0 Å². The molecular weight excluding hydrogens is 1140 g/mol. The number of rotatable bonds is 7. The van der Waals surface area contributed by atoms with Crippen LogP contribution in [-0.4, -0.2) is 22.8 Å². The number of halogens is 6. The van der Waals surface area contributed by atoms with Crippen molar-refractivity contribution in [2.45, 2.75) is 11.3 Å². The van der Waals surface area contributed by atoms with E-state index in [1.54, 1.807) is 0 Å². The molecular formula is C42H24Cl2I4N4. The summed E-state index contributed by atoms with van der Waals surface area (Å²) in [6.45, 7) is 0. The SMILES string of the molecule is Clc1ccccc1C1(C2(c3ccccc3Cl)N=C(c3ccc(I)cc3)C(c3ccc(I)cc3)=N2)N=C(c2ccc(I)cc2)C(c2ccc(I)cc2)=N1. The van der Waals surface area contributed by atoms with Gasteiger partial charge in [-0.25, -0.2) is 20.0 Å². The minimum atomic E-state index is -1.52. The van der Waals surface area contributed by atoms with Gasteiger partial charge in [-0.05, 0) is 151 Å². The normalized spacial score (nSPS) is 15.9. The van der Waals surface area contributed by atoms with Crippen LogP contribution >= 0.6 is 114 Å². The first-order chi connectivity index (χ1) is 25.2. The molecule has 52 heavy (non-hydrogen) atoms. The lowest BCUT2D eigenvalue weighted by Crippen LogP contribution is -2.43. The monoisotopic (exact) mass is 1160 g/mol. The summed E-state index contributed by atoms with van der Waals surface area (Å²) >= 11 is 23.8. The molecule has 0 aromatic heterocycles. The van der Waals surface area contributed by atoms with Gasteiger partial charge in [-0.1, -0.05) is 108 Å². The fraction of sp³-hybridized carbons (Fsp3) is 0.0476. The maximum absolute atomic E-state index is 7.26. The first-order valence-corrected chi connectivity index (χ1v) is 21.2. The van der Waals surface area contributed by atoms with E-state index in [-0.39, 0.29) is 0 Å². The zero-order valence-corrected chi connectivity index (χ0v) is 37.1. The van der Waals surface area contributed by atoms with Gasteiger partial charge in [0.2, 0.25) is 11.3 Å². The van der Waals surface area contributed by atoms with Crippen molar-refractivity contribution in [2.24, 2.45) is 20.0 Å². The Hall–Kier alpha value is -2.50. The second-order valence-corrected chi connectivity index (χ2v) is 18.0. The molecule has 8 rings (SSSR count). The topological polar surface area (TPSA) is 49.4 Å². The van der Waals surface area contributed by atoms with E-state index in [1.165, 1.54) is 0 Å². The molecule has 0 atom stereocenters. The second-order valence-electron chi connectivity index (χ2n) is 12.2. The Balaban J connectivity index is 1.55. The highest BCUT2D eigenvalue weighted by molar-refractivity contribution is 14.1. The van der Waals surface area contributed by atoms with E-state index in [2.05, 4.69) is 187 Å². The summed E-state index contributed by atoms with van der Waals surface area (Å²) in [7, 11) is 0. The molecule has 0 saturated heterocycles. The van der Waals surface area contributed by atoms with E-state index < -0.39 is 11.3 Å². The highest BCUT2D eigenvalue weighted by atomic mass is 127. The number of nitrogens with zero attached hydrogens (tertiary/aromatic N) is 4. The first-order valence-electron chi connectivity index (χ1n) is 16.1. The number of benzene rings is 6. The molecule has 0 amide bonds. The zero-order chi connectivity index (χ0) is 36.0. The van der Waals surface area contributed by atoms with Crippen LogP contribution < -0.4 is 0 Å². The highest BCUT2D eigenvalue weighted by Crippen LogP contribution is 2.57. The molecule has 0 bridgehead atoms. The van der Waals surface area contributed by atoms with Crippen molar-refractivity contribution in [1.82, 2.24) is 0 Å². The molecule has 0 spiro atoms. The Morgan fingerprint density at radius 1 is 0.327 bits per heavy atom. The van der Waals surface area contributed by atoms with Crippen molar-refractivity contribution in [3.63, 3.8) is 0 Å². The zero-order valence-electron chi connectivity index (χ0n) is 26.9.